The molecular formula is C16H16ClN3O3S. The van der Waals surface area contributed by atoms with Gasteiger partial charge in [-0.3, -0.25) is 9.10 Å². The van der Waals surface area contributed by atoms with E-state index in [2.05, 4.69) is 10.5 Å². The summed E-state index contributed by atoms with van der Waals surface area (Å²) in [6.07, 6.45) is 2.47. The summed E-state index contributed by atoms with van der Waals surface area (Å²) < 4.78 is 24.8. The van der Waals surface area contributed by atoms with Gasteiger partial charge in [-0.2, -0.15) is 5.10 Å². The number of carbonyl (C=O) groups is 1. The molecule has 6 nitrogen and oxygen atoms in total. The first kappa shape index (κ1) is 18.0. The lowest BCUT2D eigenvalue weighted by atomic mass is 10.2. The molecule has 2 aromatic rings. The number of carbonyl (C=O) groups excluding carboxylic acids is 1. The number of hydrazone groups is 1. The number of amides is 1. The summed E-state index contributed by atoms with van der Waals surface area (Å²) in [6, 6.07) is 15.3. The number of rotatable bonds is 6. The Morgan fingerprint density at radius 1 is 1.21 bits per heavy atom. The molecule has 0 aromatic heterocycles. The lowest BCUT2D eigenvalue weighted by Crippen LogP contribution is -2.38. The first-order chi connectivity index (χ1) is 11.4. The van der Waals surface area contributed by atoms with Crippen molar-refractivity contribution in [3.8, 4) is 0 Å². The van der Waals surface area contributed by atoms with Crippen LogP contribution in [-0.4, -0.2) is 33.3 Å². The van der Waals surface area contributed by atoms with E-state index in [0.29, 0.717) is 16.3 Å². The van der Waals surface area contributed by atoms with Crippen LogP contribution in [-0.2, 0) is 14.8 Å². The molecule has 24 heavy (non-hydrogen) atoms. The molecule has 0 heterocycles. The highest BCUT2D eigenvalue weighted by atomic mass is 35.5. The Labute approximate surface area is 145 Å². The second-order valence-electron chi connectivity index (χ2n) is 4.95. The maximum absolute atomic E-state index is 12.0. The number of nitrogens with one attached hydrogen (secondary N) is 1. The third-order valence-corrected chi connectivity index (χ3v) is 4.36. The average molecular weight is 366 g/mol. The Balaban J connectivity index is 2.04. The largest absolute Gasteiger partial charge is 0.271 e. The molecule has 8 heteroatoms. The molecule has 0 aliphatic rings. The summed E-state index contributed by atoms with van der Waals surface area (Å²) in [5.41, 5.74) is 3.43. The van der Waals surface area contributed by atoms with E-state index in [9.17, 15) is 13.2 Å². The van der Waals surface area contributed by atoms with Crippen molar-refractivity contribution in [2.24, 2.45) is 5.10 Å². The Hall–Kier alpha value is -2.38. The number of anilines is 1. The molecule has 2 aromatic carbocycles. The Kier molecular flexibility index (Phi) is 5.94. The lowest BCUT2D eigenvalue weighted by Gasteiger charge is -2.21. The molecule has 2 rings (SSSR count). The summed E-state index contributed by atoms with van der Waals surface area (Å²) in [4.78, 5) is 12.0. The highest BCUT2D eigenvalue weighted by molar-refractivity contribution is 7.92. The summed E-state index contributed by atoms with van der Waals surface area (Å²) in [7, 11) is -3.59. The molecule has 0 saturated heterocycles. The van der Waals surface area contributed by atoms with Gasteiger partial charge >= 0.3 is 0 Å². The highest BCUT2D eigenvalue weighted by Gasteiger charge is 2.20. The van der Waals surface area contributed by atoms with Crippen LogP contribution in [0.25, 0.3) is 0 Å². The van der Waals surface area contributed by atoms with Crippen LogP contribution in [0.5, 0.6) is 0 Å². The van der Waals surface area contributed by atoms with Crippen LogP contribution in [0.2, 0.25) is 5.02 Å². The lowest BCUT2D eigenvalue weighted by molar-refractivity contribution is -0.119. The topological polar surface area (TPSA) is 78.8 Å². The van der Waals surface area contributed by atoms with Crippen molar-refractivity contribution in [3.63, 3.8) is 0 Å². The van der Waals surface area contributed by atoms with Crippen molar-refractivity contribution in [2.75, 3.05) is 17.1 Å². The molecule has 0 spiro atoms. The summed E-state index contributed by atoms with van der Waals surface area (Å²) in [5, 5.41) is 4.36. The van der Waals surface area contributed by atoms with E-state index in [1.165, 1.54) is 6.21 Å². The quantitative estimate of drug-likeness (QED) is 0.630. The molecule has 0 unspecified atom stereocenters. The second kappa shape index (κ2) is 7.94. The van der Waals surface area contributed by atoms with Gasteiger partial charge in [-0.15, -0.1) is 0 Å². The number of hydrogen-bond acceptors (Lipinski definition) is 4. The van der Waals surface area contributed by atoms with Crippen molar-refractivity contribution in [3.05, 3.63) is 65.2 Å². The molecule has 0 fully saturated rings. The molecule has 0 bridgehead atoms. The fourth-order valence-corrected chi connectivity index (χ4v) is 2.98. The fraction of sp³-hybridized carbons (Fsp3) is 0.125. The number of halogens is 1. The minimum absolute atomic E-state index is 0.365. The summed E-state index contributed by atoms with van der Waals surface area (Å²) >= 11 is 5.85. The van der Waals surface area contributed by atoms with Gasteiger partial charge in [0, 0.05) is 5.02 Å². The van der Waals surface area contributed by atoms with E-state index >= 15 is 0 Å². The Morgan fingerprint density at radius 2 is 1.92 bits per heavy atom. The Bertz CT molecular complexity index is 839. The minimum Gasteiger partial charge on any atom is -0.271 e. The predicted molar refractivity (Wildman–Crippen MR) is 95.8 cm³/mol. The van der Waals surface area contributed by atoms with Gasteiger partial charge in [-0.05, 0) is 29.8 Å². The number of hydrogen-bond donors (Lipinski definition) is 1. The molecule has 1 N–H and O–H groups in total. The van der Waals surface area contributed by atoms with Crippen LogP contribution >= 0.6 is 11.6 Å². The Morgan fingerprint density at radius 3 is 2.54 bits per heavy atom. The molecule has 0 atom stereocenters. The van der Waals surface area contributed by atoms with Crippen molar-refractivity contribution in [2.45, 2.75) is 0 Å². The molecule has 0 radical (unpaired) electrons. The van der Waals surface area contributed by atoms with Gasteiger partial charge < -0.3 is 0 Å². The highest BCUT2D eigenvalue weighted by Crippen LogP contribution is 2.16. The molecule has 126 valence electrons. The minimum atomic E-state index is -3.59. The van der Waals surface area contributed by atoms with Crippen LogP contribution in [0.3, 0.4) is 0 Å². The van der Waals surface area contributed by atoms with Crippen molar-refractivity contribution in [1.29, 1.82) is 0 Å². The first-order valence-electron chi connectivity index (χ1n) is 6.96. The number of nitrogens with zero attached hydrogens (tertiary/aromatic N) is 2. The summed E-state index contributed by atoms with van der Waals surface area (Å²) in [6.45, 7) is -0.365. The van der Waals surface area contributed by atoms with Crippen molar-refractivity contribution in [1.82, 2.24) is 5.43 Å². The predicted octanol–water partition coefficient (Wildman–Crippen LogP) is 2.26. The van der Waals surface area contributed by atoms with Gasteiger partial charge in [0.15, 0.2) is 0 Å². The first-order valence-corrected chi connectivity index (χ1v) is 9.19. The third-order valence-electron chi connectivity index (χ3n) is 2.98. The standard InChI is InChI=1S/C16H16ClN3O3S/c1-24(22,23)20(15-8-3-2-4-9-15)12-16(21)19-18-11-13-6-5-7-14(17)10-13/h2-11H,12H2,1H3,(H,19,21)/b18-11-. The van der Waals surface area contributed by atoms with Crippen LogP contribution in [0.15, 0.2) is 59.7 Å². The van der Waals surface area contributed by atoms with Crippen LogP contribution in [0, 0.1) is 0 Å². The van der Waals surface area contributed by atoms with Gasteiger partial charge in [-0.25, -0.2) is 13.8 Å². The van der Waals surface area contributed by atoms with Crippen LogP contribution in [0.4, 0.5) is 5.69 Å². The SMILES string of the molecule is CS(=O)(=O)N(CC(=O)N/N=C\c1cccc(Cl)c1)c1ccccc1. The zero-order valence-corrected chi connectivity index (χ0v) is 14.5. The molecule has 0 aliphatic carbocycles. The molecule has 0 aliphatic heterocycles. The van der Waals surface area contributed by atoms with Gasteiger partial charge in [-0.1, -0.05) is 41.9 Å². The van der Waals surface area contributed by atoms with E-state index in [1.807, 2.05) is 0 Å². The number of sulfonamides is 1. The van der Waals surface area contributed by atoms with E-state index < -0.39 is 15.9 Å². The molecular weight excluding hydrogens is 350 g/mol. The monoisotopic (exact) mass is 365 g/mol. The maximum atomic E-state index is 12.0. The zero-order valence-electron chi connectivity index (χ0n) is 12.9. The van der Waals surface area contributed by atoms with Gasteiger partial charge in [0.1, 0.15) is 6.54 Å². The molecule has 0 saturated carbocycles. The fourth-order valence-electron chi connectivity index (χ4n) is 1.93. The van der Waals surface area contributed by atoms with Crippen LogP contribution in [0.1, 0.15) is 5.56 Å². The van der Waals surface area contributed by atoms with E-state index in [4.69, 9.17) is 11.6 Å². The average Bonchev–Trinajstić information content (AvgIpc) is 2.52. The second-order valence-corrected chi connectivity index (χ2v) is 7.30. The smallest absolute Gasteiger partial charge is 0.260 e. The van der Waals surface area contributed by atoms with Crippen LogP contribution < -0.4 is 9.73 Å². The van der Waals surface area contributed by atoms with Gasteiger partial charge in [0.25, 0.3) is 5.91 Å². The van der Waals surface area contributed by atoms with E-state index in [1.54, 1.807) is 54.6 Å². The number of benzene rings is 2. The van der Waals surface area contributed by atoms with E-state index in [-0.39, 0.29) is 6.54 Å². The molecule has 1 amide bonds. The zero-order chi connectivity index (χ0) is 17.6. The van der Waals surface area contributed by atoms with Gasteiger partial charge in [0.05, 0.1) is 18.2 Å². The maximum Gasteiger partial charge on any atom is 0.260 e. The van der Waals surface area contributed by atoms with Crippen molar-refractivity contribution >= 4 is 39.4 Å². The summed E-state index contributed by atoms with van der Waals surface area (Å²) in [5.74, 6) is -0.553. The van der Waals surface area contributed by atoms with E-state index in [0.717, 1.165) is 10.6 Å². The van der Waals surface area contributed by atoms with Crippen molar-refractivity contribution < 1.29 is 13.2 Å². The van der Waals surface area contributed by atoms with Gasteiger partial charge in [0.2, 0.25) is 10.0 Å². The number of para-hydroxylation sites is 1. The normalized spacial score (nSPS) is 11.4. The third kappa shape index (κ3) is 5.36.